The van der Waals surface area contributed by atoms with Gasteiger partial charge < -0.3 is 14.6 Å². The molecule has 2 aromatic carbocycles. The van der Waals surface area contributed by atoms with Crippen LogP contribution in [0.1, 0.15) is 28.6 Å². The van der Waals surface area contributed by atoms with E-state index >= 15 is 0 Å². The summed E-state index contributed by atoms with van der Waals surface area (Å²) >= 11 is 0. The first kappa shape index (κ1) is 17.7. The molecule has 0 aliphatic carbocycles. The van der Waals surface area contributed by atoms with Crippen molar-refractivity contribution in [1.82, 2.24) is 14.9 Å². The molecule has 1 aromatic heterocycles. The minimum Gasteiger partial charge on any atom is -0.484 e. The number of rotatable bonds is 6. The number of carbonyl (C=O) groups is 1. The molecule has 5 heteroatoms. The van der Waals surface area contributed by atoms with Crippen molar-refractivity contribution in [3.05, 3.63) is 83.4 Å². The summed E-state index contributed by atoms with van der Waals surface area (Å²) < 4.78 is 7.60. The Morgan fingerprint density at radius 2 is 1.96 bits per heavy atom. The van der Waals surface area contributed by atoms with E-state index in [0.717, 1.165) is 22.7 Å². The van der Waals surface area contributed by atoms with Crippen molar-refractivity contribution in [2.75, 3.05) is 6.61 Å². The predicted molar refractivity (Wildman–Crippen MR) is 101 cm³/mol. The average molecular weight is 349 g/mol. The first-order valence-corrected chi connectivity index (χ1v) is 8.56. The fourth-order valence-corrected chi connectivity index (χ4v) is 2.90. The van der Waals surface area contributed by atoms with Crippen molar-refractivity contribution >= 4 is 5.91 Å². The minimum atomic E-state index is -0.327. The fraction of sp³-hybridized carbons (Fsp3) is 0.238. The number of amides is 1. The quantitative estimate of drug-likeness (QED) is 0.743. The molecule has 3 aromatic rings. The molecule has 0 aliphatic rings. The van der Waals surface area contributed by atoms with Crippen LogP contribution in [0.5, 0.6) is 5.75 Å². The Bertz CT molecular complexity index is 887. The van der Waals surface area contributed by atoms with Crippen molar-refractivity contribution in [2.45, 2.75) is 19.9 Å². The molecule has 1 amide bonds. The van der Waals surface area contributed by atoms with Gasteiger partial charge >= 0.3 is 0 Å². The highest BCUT2D eigenvalue weighted by atomic mass is 16.5. The zero-order valence-electron chi connectivity index (χ0n) is 15.3. The zero-order valence-corrected chi connectivity index (χ0v) is 15.3. The molecule has 1 N–H and O–H groups in total. The topological polar surface area (TPSA) is 56.1 Å². The van der Waals surface area contributed by atoms with Crippen LogP contribution < -0.4 is 10.1 Å². The van der Waals surface area contributed by atoms with E-state index in [4.69, 9.17) is 4.74 Å². The molecule has 0 bridgehead atoms. The van der Waals surface area contributed by atoms with Crippen LogP contribution in [-0.2, 0) is 11.8 Å². The lowest BCUT2D eigenvalue weighted by Gasteiger charge is -2.19. The van der Waals surface area contributed by atoms with Crippen LogP contribution in [0.3, 0.4) is 0 Å². The van der Waals surface area contributed by atoms with Gasteiger partial charge in [-0.2, -0.15) is 0 Å². The first-order valence-electron chi connectivity index (χ1n) is 8.56. The summed E-state index contributed by atoms with van der Waals surface area (Å²) in [5, 5.41) is 3.03. The maximum atomic E-state index is 12.5. The second kappa shape index (κ2) is 7.87. The lowest BCUT2D eigenvalue weighted by molar-refractivity contribution is -0.123. The maximum Gasteiger partial charge on any atom is 0.258 e. The molecule has 5 nitrogen and oxygen atoms in total. The van der Waals surface area contributed by atoms with E-state index in [2.05, 4.69) is 10.3 Å². The lowest BCUT2D eigenvalue weighted by atomic mass is 10.1. The molecule has 1 atom stereocenters. The molecule has 0 aliphatic heterocycles. The molecule has 1 heterocycles. The summed E-state index contributed by atoms with van der Waals surface area (Å²) in [6.07, 6.45) is 3.59. The van der Waals surface area contributed by atoms with Gasteiger partial charge in [0.05, 0.1) is 0 Å². The van der Waals surface area contributed by atoms with Crippen molar-refractivity contribution in [3.63, 3.8) is 0 Å². The van der Waals surface area contributed by atoms with E-state index in [0.29, 0.717) is 0 Å². The van der Waals surface area contributed by atoms with Gasteiger partial charge in [0.2, 0.25) is 0 Å². The van der Waals surface area contributed by atoms with Gasteiger partial charge in [0.15, 0.2) is 6.61 Å². The van der Waals surface area contributed by atoms with Gasteiger partial charge in [-0.15, -0.1) is 0 Å². The number of hydrogen-bond acceptors (Lipinski definition) is 3. The third kappa shape index (κ3) is 4.11. The molecule has 3 rings (SSSR count). The Kier molecular flexibility index (Phi) is 5.37. The summed E-state index contributed by atoms with van der Waals surface area (Å²) in [5.74, 6) is 1.30. The second-order valence-electron chi connectivity index (χ2n) is 6.37. The Morgan fingerprint density at radius 1 is 1.19 bits per heavy atom. The van der Waals surface area contributed by atoms with E-state index in [1.54, 1.807) is 6.20 Å². The number of benzene rings is 2. The van der Waals surface area contributed by atoms with Crippen molar-refractivity contribution < 1.29 is 9.53 Å². The van der Waals surface area contributed by atoms with Crippen molar-refractivity contribution in [2.24, 2.45) is 7.05 Å². The molecule has 0 radical (unpaired) electrons. The smallest absolute Gasteiger partial charge is 0.258 e. The Balaban J connectivity index is 1.72. The van der Waals surface area contributed by atoms with Gasteiger partial charge in [0, 0.05) is 19.4 Å². The van der Waals surface area contributed by atoms with Crippen LogP contribution in [0.25, 0.3) is 0 Å². The van der Waals surface area contributed by atoms with Crippen molar-refractivity contribution in [3.8, 4) is 5.75 Å². The van der Waals surface area contributed by atoms with Crippen LogP contribution >= 0.6 is 0 Å². The summed E-state index contributed by atoms with van der Waals surface area (Å²) in [6.45, 7) is 3.96. The van der Waals surface area contributed by atoms with E-state index in [1.807, 2.05) is 80.2 Å². The van der Waals surface area contributed by atoms with Crippen LogP contribution in [-0.4, -0.2) is 22.1 Å². The number of hydrogen-bond donors (Lipinski definition) is 1. The first-order chi connectivity index (χ1) is 12.5. The van der Waals surface area contributed by atoms with Gasteiger partial charge in [0.25, 0.3) is 5.91 Å². The maximum absolute atomic E-state index is 12.5. The average Bonchev–Trinajstić information content (AvgIpc) is 3.05. The highest BCUT2D eigenvalue weighted by molar-refractivity contribution is 5.78. The second-order valence-corrected chi connectivity index (χ2v) is 6.37. The summed E-state index contributed by atoms with van der Waals surface area (Å²) in [5.41, 5.74) is 3.15. The Hall–Kier alpha value is -3.08. The Morgan fingerprint density at radius 3 is 2.62 bits per heavy atom. The molecule has 0 fully saturated rings. The summed E-state index contributed by atoms with van der Waals surface area (Å²) in [6, 6.07) is 15.4. The van der Waals surface area contributed by atoms with Gasteiger partial charge in [-0.25, -0.2) is 4.98 Å². The van der Waals surface area contributed by atoms with Gasteiger partial charge in [-0.05, 0) is 31.0 Å². The minimum absolute atomic E-state index is 0.0440. The summed E-state index contributed by atoms with van der Waals surface area (Å²) in [4.78, 5) is 16.9. The normalized spacial score (nSPS) is 11.8. The van der Waals surface area contributed by atoms with Crippen LogP contribution in [0, 0.1) is 13.8 Å². The fourth-order valence-electron chi connectivity index (χ4n) is 2.90. The number of carbonyl (C=O) groups excluding carboxylic acids is 1. The SMILES string of the molecule is Cc1ccc(OCC(=O)N[C@@H](c2ccccc2)c2nccn2C)c(C)c1. The van der Waals surface area contributed by atoms with Gasteiger partial charge in [0.1, 0.15) is 17.6 Å². The van der Waals surface area contributed by atoms with E-state index in [-0.39, 0.29) is 18.6 Å². The number of nitrogens with zero attached hydrogens (tertiary/aromatic N) is 2. The number of aryl methyl sites for hydroxylation is 3. The molecule has 0 unspecified atom stereocenters. The molecule has 0 saturated heterocycles. The van der Waals surface area contributed by atoms with Gasteiger partial charge in [-0.1, -0.05) is 48.0 Å². The Labute approximate surface area is 153 Å². The molecule has 0 saturated carbocycles. The molecule has 134 valence electrons. The monoisotopic (exact) mass is 349 g/mol. The standard InChI is InChI=1S/C21H23N3O2/c1-15-9-10-18(16(2)13-15)26-14-19(25)23-20(17-7-5-4-6-8-17)21-22-11-12-24(21)3/h4-13,20H,14H2,1-3H3,(H,23,25)/t20-/m0/s1. The molecule has 0 spiro atoms. The highest BCUT2D eigenvalue weighted by Gasteiger charge is 2.20. The van der Waals surface area contributed by atoms with Crippen LogP contribution in [0.4, 0.5) is 0 Å². The molecule has 26 heavy (non-hydrogen) atoms. The number of aromatic nitrogens is 2. The summed E-state index contributed by atoms with van der Waals surface area (Å²) in [7, 11) is 1.91. The van der Waals surface area contributed by atoms with Crippen LogP contribution in [0.15, 0.2) is 60.9 Å². The predicted octanol–water partition coefficient (Wildman–Crippen LogP) is 3.32. The van der Waals surface area contributed by atoms with Crippen molar-refractivity contribution in [1.29, 1.82) is 0 Å². The third-order valence-electron chi connectivity index (χ3n) is 4.24. The van der Waals surface area contributed by atoms with E-state index < -0.39 is 0 Å². The zero-order chi connectivity index (χ0) is 18.5. The molecular formula is C21H23N3O2. The third-order valence-corrected chi connectivity index (χ3v) is 4.24. The highest BCUT2D eigenvalue weighted by Crippen LogP contribution is 2.21. The van der Waals surface area contributed by atoms with Gasteiger partial charge in [-0.3, -0.25) is 4.79 Å². The van der Waals surface area contributed by atoms with Crippen LogP contribution in [0.2, 0.25) is 0 Å². The van der Waals surface area contributed by atoms with E-state index in [1.165, 1.54) is 5.56 Å². The number of nitrogens with one attached hydrogen (secondary N) is 1. The largest absolute Gasteiger partial charge is 0.484 e. The number of ether oxygens (including phenoxy) is 1. The number of imidazole rings is 1. The lowest BCUT2D eigenvalue weighted by Crippen LogP contribution is -2.34. The molecular weight excluding hydrogens is 326 g/mol. The van der Waals surface area contributed by atoms with E-state index in [9.17, 15) is 4.79 Å².